The molecule has 1 fully saturated rings. The number of piperidine rings is 1. The zero-order valence-corrected chi connectivity index (χ0v) is 16.4. The van der Waals surface area contributed by atoms with Crippen LogP contribution in [0.2, 0.25) is 0 Å². The monoisotopic (exact) mass is 396 g/mol. The fourth-order valence-electron chi connectivity index (χ4n) is 2.66. The molecule has 28 heavy (non-hydrogen) atoms. The van der Waals surface area contributed by atoms with Gasteiger partial charge in [0.25, 0.3) is 0 Å². The number of likely N-dealkylation sites (tertiary alicyclic amines) is 1. The van der Waals surface area contributed by atoms with Crippen molar-refractivity contribution in [3.63, 3.8) is 0 Å². The van der Waals surface area contributed by atoms with E-state index in [4.69, 9.17) is 29.3 Å². The maximum atomic E-state index is 12.1. The van der Waals surface area contributed by atoms with Gasteiger partial charge in [-0.25, -0.2) is 9.59 Å². The summed E-state index contributed by atoms with van der Waals surface area (Å²) in [6.07, 6.45) is 2.96. The Balaban J connectivity index is 0.000000568. The number of ether oxygens (including phenoxy) is 2. The molecule has 1 aromatic rings. The van der Waals surface area contributed by atoms with E-state index in [9.17, 15) is 4.79 Å². The predicted octanol–water partition coefficient (Wildman–Crippen LogP) is 1.92. The molecule has 0 atom stereocenters. The van der Waals surface area contributed by atoms with Crippen molar-refractivity contribution in [1.29, 1.82) is 0 Å². The average Bonchev–Trinajstić information content (AvgIpc) is 2.68. The predicted molar refractivity (Wildman–Crippen MR) is 103 cm³/mol. The molecule has 3 N–H and O–H groups in total. The van der Waals surface area contributed by atoms with Crippen LogP contribution in [0.1, 0.15) is 26.2 Å². The number of carbonyl (C=O) groups excluding carboxylic acids is 1. The highest BCUT2D eigenvalue weighted by molar-refractivity contribution is 6.27. The van der Waals surface area contributed by atoms with E-state index in [1.54, 1.807) is 26.4 Å². The number of anilines is 1. The second-order valence-electron chi connectivity index (χ2n) is 6.50. The second kappa shape index (κ2) is 11.8. The number of nitrogens with zero attached hydrogens (tertiary/aromatic N) is 1. The van der Waals surface area contributed by atoms with Gasteiger partial charge in [0.05, 0.1) is 19.9 Å². The molecule has 1 amide bonds. The highest BCUT2D eigenvalue weighted by atomic mass is 16.5. The summed E-state index contributed by atoms with van der Waals surface area (Å²) in [6.45, 7) is 5.30. The standard InChI is InChI=1S/C17H26N2O3.C2H2O4/c1-13-6-9-19(10-7-13)11-8-17(20)18-15-5-4-14(21-2)12-16(15)22-3;3-1(4)2(5)6/h4-5,12-13H,6-11H2,1-3H3,(H,18,20);(H,3,4)(H,5,6). The van der Waals surface area contributed by atoms with Crippen LogP contribution in [0, 0.1) is 5.92 Å². The van der Waals surface area contributed by atoms with Gasteiger partial charge in [-0.1, -0.05) is 6.92 Å². The zero-order valence-electron chi connectivity index (χ0n) is 16.4. The van der Waals surface area contributed by atoms with E-state index in [1.807, 2.05) is 6.07 Å². The number of benzene rings is 1. The summed E-state index contributed by atoms with van der Waals surface area (Å²) in [6, 6.07) is 5.38. The number of aliphatic carboxylic acids is 2. The van der Waals surface area contributed by atoms with E-state index in [0.717, 1.165) is 25.6 Å². The fraction of sp³-hybridized carbons (Fsp3) is 0.526. The maximum Gasteiger partial charge on any atom is 0.414 e. The summed E-state index contributed by atoms with van der Waals surface area (Å²) < 4.78 is 10.4. The number of hydrogen-bond donors (Lipinski definition) is 3. The lowest BCUT2D eigenvalue weighted by Crippen LogP contribution is -2.35. The van der Waals surface area contributed by atoms with E-state index in [1.165, 1.54) is 12.8 Å². The third kappa shape index (κ3) is 8.26. The molecular formula is C19H28N2O7. The summed E-state index contributed by atoms with van der Waals surface area (Å²) in [5.41, 5.74) is 0.681. The minimum atomic E-state index is -1.82. The molecule has 0 bridgehead atoms. The topological polar surface area (TPSA) is 125 Å². The Hall–Kier alpha value is -2.81. The van der Waals surface area contributed by atoms with Crippen LogP contribution in [0.4, 0.5) is 5.69 Å². The van der Waals surface area contributed by atoms with Gasteiger partial charge in [-0.15, -0.1) is 0 Å². The lowest BCUT2D eigenvalue weighted by atomic mass is 9.99. The Morgan fingerprint density at radius 2 is 1.71 bits per heavy atom. The van der Waals surface area contributed by atoms with Crippen molar-refractivity contribution in [3.8, 4) is 11.5 Å². The number of carbonyl (C=O) groups is 3. The molecule has 0 aliphatic carbocycles. The van der Waals surface area contributed by atoms with Crippen LogP contribution >= 0.6 is 0 Å². The van der Waals surface area contributed by atoms with Crippen molar-refractivity contribution in [3.05, 3.63) is 18.2 Å². The van der Waals surface area contributed by atoms with Crippen LogP contribution < -0.4 is 14.8 Å². The molecule has 1 heterocycles. The van der Waals surface area contributed by atoms with Crippen molar-refractivity contribution in [2.45, 2.75) is 26.2 Å². The molecule has 9 heteroatoms. The van der Waals surface area contributed by atoms with Crippen LogP contribution in [-0.2, 0) is 14.4 Å². The normalized spacial score (nSPS) is 14.4. The molecule has 1 aliphatic rings. The summed E-state index contributed by atoms with van der Waals surface area (Å²) in [4.78, 5) is 32.7. The molecule has 9 nitrogen and oxygen atoms in total. The number of rotatable bonds is 6. The van der Waals surface area contributed by atoms with Gasteiger partial charge in [-0.2, -0.15) is 0 Å². The minimum absolute atomic E-state index is 0.0158. The first-order valence-electron chi connectivity index (χ1n) is 8.97. The summed E-state index contributed by atoms with van der Waals surface area (Å²) >= 11 is 0. The van der Waals surface area contributed by atoms with Gasteiger partial charge in [0.15, 0.2) is 0 Å². The smallest absolute Gasteiger partial charge is 0.414 e. The summed E-state index contributed by atoms with van der Waals surface area (Å²) in [5, 5.41) is 17.7. The molecule has 0 aromatic heterocycles. The Labute approximate surface area is 164 Å². The van der Waals surface area contributed by atoms with Crippen LogP contribution in [0.3, 0.4) is 0 Å². The number of carboxylic acids is 2. The lowest BCUT2D eigenvalue weighted by molar-refractivity contribution is -0.159. The summed E-state index contributed by atoms with van der Waals surface area (Å²) in [5.74, 6) is -1.50. The first-order chi connectivity index (χ1) is 13.3. The number of hydrogen-bond acceptors (Lipinski definition) is 6. The molecule has 0 saturated carbocycles. The van der Waals surface area contributed by atoms with E-state index >= 15 is 0 Å². The van der Waals surface area contributed by atoms with E-state index in [2.05, 4.69) is 17.1 Å². The van der Waals surface area contributed by atoms with E-state index in [-0.39, 0.29) is 5.91 Å². The maximum absolute atomic E-state index is 12.1. The van der Waals surface area contributed by atoms with Crippen molar-refractivity contribution in [1.82, 2.24) is 4.90 Å². The number of carboxylic acid groups (broad SMARTS) is 2. The highest BCUT2D eigenvalue weighted by Gasteiger charge is 2.16. The molecule has 0 radical (unpaired) electrons. The van der Waals surface area contributed by atoms with Crippen molar-refractivity contribution >= 4 is 23.5 Å². The SMILES string of the molecule is COc1ccc(NC(=O)CCN2CCC(C)CC2)c(OC)c1.O=C(O)C(=O)O. The zero-order chi connectivity index (χ0) is 21.1. The first kappa shape index (κ1) is 23.2. The molecule has 1 aliphatic heterocycles. The van der Waals surface area contributed by atoms with Crippen LogP contribution in [0.5, 0.6) is 11.5 Å². The third-order valence-corrected chi connectivity index (χ3v) is 4.40. The Morgan fingerprint density at radius 1 is 1.11 bits per heavy atom. The second-order valence-corrected chi connectivity index (χ2v) is 6.50. The fourth-order valence-corrected chi connectivity index (χ4v) is 2.66. The van der Waals surface area contributed by atoms with Gasteiger partial charge in [0.1, 0.15) is 11.5 Å². The molecular weight excluding hydrogens is 368 g/mol. The highest BCUT2D eigenvalue weighted by Crippen LogP contribution is 2.29. The van der Waals surface area contributed by atoms with E-state index < -0.39 is 11.9 Å². The van der Waals surface area contributed by atoms with Crippen LogP contribution in [-0.4, -0.2) is 66.8 Å². The van der Waals surface area contributed by atoms with E-state index in [0.29, 0.717) is 23.6 Å². The molecule has 0 spiro atoms. The largest absolute Gasteiger partial charge is 0.497 e. The van der Waals surface area contributed by atoms with Gasteiger partial charge >= 0.3 is 11.9 Å². The van der Waals surface area contributed by atoms with Crippen LogP contribution in [0.25, 0.3) is 0 Å². The number of methoxy groups -OCH3 is 2. The van der Waals surface area contributed by atoms with Crippen LogP contribution in [0.15, 0.2) is 18.2 Å². The Kier molecular flexibility index (Phi) is 9.80. The van der Waals surface area contributed by atoms with Gasteiger partial charge < -0.3 is 29.9 Å². The molecule has 1 saturated heterocycles. The van der Waals surface area contributed by atoms with Gasteiger partial charge in [0.2, 0.25) is 5.91 Å². The quantitative estimate of drug-likeness (QED) is 0.623. The van der Waals surface area contributed by atoms with Gasteiger partial charge in [-0.3, -0.25) is 4.79 Å². The van der Waals surface area contributed by atoms with Crippen molar-refractivity contribution < 1.29 is 34.1 Å². The van der Waals surface area contributed by atoms with Crippen molar-refractivity contribution in [2.24, 2.45) is 5.92 Å². The molecule has 156 valence electrons. The molecule has 1 aromatic carbocycles. The number of nitrogens with one attached hydrogen (secondary N) is 1. The lowest BCUT2D eigenvalue weighted by Gasteiger charge is -2.29. The molecule has 0 unspecified atom stereocenters. The Bertz CT molecular complexity index is 658. The minimum Gasteiger partial charge on any atom is -0.497 e. The number of amides is 1. The third-order valence-electron chi connectivity index (χ3n) is 4.40. The first-order valence-corrected chi connectivity index (χ1v) is 8.97. The van der Waals surface area contributed by atoms with Gasteiger partial charge in [-0.05, 0) is 44.0 Å². The summed E-state index contributed by atoms with van der Waals surface area (Å²) in [7, 11) is 3.19. The average molecular weight is 396 g/mol. The molecule has 2 rings (SSSR count). The van der Waals surface area contributed by atoms with Gasteiger partial charge in [0, 0.05) is 19.0 Å². The Morgan fingerprint density at radius 3 is 2.21 bits per heavy atom. The van der Waals surface area contributed by atoms with Crippen molar-refractivity contribution in [2.75, 3.05) is 39.2 Å².